The van der Waals surface area contributed by atoms with Crippen LogP contribution in [0, 0.1) is 11.8 Å². The summed E-state index contributed by atoms with van der Waals surface area (Å²) in [5.41, 5.74) is 0. The predicted octanol–water partition coefficient (Wildman–Crippen LogP) is 0.547. The Kier molecular flexibility index (Phi) is 2.05. The Morgan fingerprint density at radius 2 is 2.42 bits per heavy atom. The van der Waals surface area contributed by atoms with E-state index in [1.54, 1.807) is 0 Å². The fourth-order valence-corrected chi connectivity index (χ4v) is 2.16. The van der Waals surface area contributed by atoms with Gasteiger partial charge in [0, 0.05) is 6.04 Å². The number of carbonyl (C=O) groups is 1. The lowest BCUT2D eigenvalue weighted by Crippen LogP contribution is -2.25. The average Bonchev–Trinajstić information content (AvgIpc) is 2.71. The van der Waals surface area contributed by atoms with Gasteiger partial charge >= 0.3 is 5.97 Å². The lowest BCUT2D eigenvalue weighted by Gasteiger charge is -2.07. The monoisotopic (exact) mass is 169 g/mol. The molecule has 3 heteroatoms. The highest BCUT2D eigenvalue weighted by Gasteiger charge is 2.48. The van der Waals surface area contributed by atoms with Crippen molar-refractivity contribution >= 4 is 5.97 Å². The van der Waals surface area contributed by atoms with E-state index in [9.17, 15) is 4.79 Å². The zero-order chi connectivity index (χ0) is 8.55. The van der Waals surface area contributed by atoms with Gasteiger partial charge < -0.3 is 10.1 Å². The van der Waals surface area contributed by atoms with Gasteiger partial charge in [0.25, 0.3) is 0 Å². The van der Waals surface area contributed by atoms with Crippen LogP contribution in [0.4, 0.5) is 0 Å². The Morgan fingerprint density at radius 3 is 3.00 bits per heavy atom. The van der Waals surface area contributed by atoms with Crippen molar-refractivity contribution in [3.8, 4) is 0 Å². The van der Waals surface area contributed by atoms with E-state index in [0.717, 1.165) is 13.0 Å². The number of ether oxygens (including phenoxy) is 1. The predicted molar refractivity (Wildman–Crippen MR) is 44.6 cm³/mol. The van der Waals surface area contributed by atoms with Crippen LogP contribution in [0.2, 0.25) is 0 Å². The molecule has 0 aromatic carbocycles. The molecule has 2 aliphatic rings. The van der Waals surface area contributed by atoms with Crippen molar-refractivity contribution in [3.63, 3.8) is 0 Å². The molecule has 1 N–H and O–H groups in total. The number of rotatable bonds is 2. The maximum Gasteiger partial charge on any atom is 0.309 e. The first-order chi connectivity index (χ1) is 5.83. The van der Waals surface area contributed by atoms with Gasteiger partial charge in [-0.3, -0.25) is 4.79 Å². The molecular formula is C9H15NO2. The Hall–Kier alpha value is -0.570. The van der Waals surface area contributed by atoms with E-state index in [-0.39, 0.29) is 11.9 Å². The highest BCUT2D eigenvalue weighted by molar-refractivity contribution is 5.75. The van der Waals surface area contributed by atoms with Crippen molar-refractivity contribution in [1.82, 2.24) is 5.32 Å². The van der Waals surface area contributed by atoms with Crippen molar-refractivity contribution in [2.75, 3.05) is 13.7 Å². The quantitative estimate of drug-likeness (QED) is 0.613. The molecule has 68 valence electrons. The lowest BCUT2D eigenvalue weighted by atomic mass is 10.1. The number of methoxy groups -OCH3 is 1. The molecule has 2 fully saturated rings. The Morgan fingerprint density at radius 1 is 1.58 bits per heavy atom. The smallest absolute Gasteiger partial charge is 0.309 e. The van der Waals surface area contributed by atoms with Gasteiger partial charge in [0.1, 0.15) is 0 Å². The van der Waals surface area contributed by atoms with Gasteiger partial charge in [-0.2, -0.15) is 0 Å². The van der Waals surface area contributed by atoms with Gasteiger partial charge in [0.15, 0.2) is 0 Å². The summed E-state index contributed by atoms with van der Waals surface area (Å²) in [6, 6.07) is 0.592. The second-order valence-corrected chi connectivity index (χ2v) is 3.73. The zero-order valence-corrected chi connectivity index (χ0v) is 7.38. The minimum atomic E-state index is -0.0197. The Balaban J connectivity index is 1.82. The van der Waals surface area contributed by atoms with E-state index >= 15 is 0 Å². The molecule has 1 aliphatic heterocycles. The molecule has 1 heterocycles. The maximum atomic E-state index is 11.1. The summed E-state index contributed by atoms with van der Waals surface area (Å²) in [6.07, 6.45) is 3.53. The SMILES string of the molecule is COC(=O)C1CC1C1CCCN1. The molecule has 3 nitrogen and oxygen atoms in total. The summed E-state index contributed by atoms with van der Waals surface area (Å²) in [5.74, 6) is 0.749. The summed E-state index contributed by atoms with van der Waals surface area (Å²) in [4.78, 5) is 11.1. The van der Waals surface area contributed by atoms with Crippen LogP contribution in [0.3, 0.4) is 0 Å². The van der Waals surface area contributed by atoms with Crippen LogP contribution in [0.1, 0.15) is 19.3 Å². The van der Waals surface area contributed by atoms with Gasteiger partial charge in [-0.15, -0.1) is 0 Å². The molecule has 1 saturated heterocycles. The van der Waals surface area contributed by atoms with E-state index in [1.807, 2.05) is 0 Å². The fourth-order valence-electron chi connectivity index (χ4n) is 2.16. The topological polar surface area (TPSA) is 38.3 Å². The number of hydrogen-bond donors (Lipinski definition) is 1. The van der Waals surface area contributed by atoms with Crippen LogP contribution < -0.4 is 5.32 Å². The van der Waals surface area contributed by atoms with Crippen LogP contribution in [-0.2, 0) is 9.53 Å². The number of nitrogens with one attached hydrogen (secondary N) is 1. The fraction of sp³-hybridized carbons (Fsp3) is 0.889. The van der Waals surface area contributed by atoms with Crippen molar-refractivity contribution in [2.24, 2.45) is 11.8 Å². The van der Waals surface area contributed by atoms with E-state index < -0.39 is 0 Å². The van der Waals surface area contributed by atoms with E-state index in [1.165, 1.54) is 20.0 Å². The summed E-state index contributed by atoms with van der Waals surface area (Å²) in [7, 11) is 1.47. The van der Waals surface area contributed by atoms with Crippen molar-refractivity contribution in [2.45, 2.75) is 25.3 Å². The molecule has 12 heavy (non-hydrogen) atoms. The largest absolute Gasteiger partial charge is 0.469 e. The van der Waals surface area contributed by atoms with Gasteiger partial charge in [-0.1, -0.05) is 0 Å². The highest BCUT2D eigenvalue weighted by atomic mass is 16.5. The summed E-state index contributed by atoms with van der Waals surface area (Å²) in [5, 5.41) is 3.42. The molecule has 1 saturated carbocycles. The van der Waals surface area contributed by atoms with E-state index in [4.69, 9.17) is 4.74 Å². The first kappa shape index (κ1) is 8.05. The average molecular weight is 169 g/mol. The molecule has 1 aliphatic carbocycles. The molecule has 0 radical (unpaired) electrons. The number of esters is 1. The van der Waals surface area contributed by atoms with Crippen molar-refractivity contribution in [3.05, 3.63) is 0 Å². The van der Waals surface area contributed by atoms with Crippen LogP contribution in [0.25, 0.3) is 0 Å². The highest BCUT2D eigenvalue weighted by Crippen LogP contribution is 2.44. The van der Waals surface area contributed by atoms with Crippen LogP contribution in [0.5, 0.6) is 0 Å². The minimum Gasteiger partial charge on any atom is -0.469 e. The Bertz CT molecular complexity index is 187. The van der Waals surface area contributed by atoms with Gasteiger partial charge in [-0.05, 0) is 31.7 Å². The van der Waals surface area contributed by atoms with Gasteiger partial charge in [0.05, 0.1) is 13.0 Å². The lowest BCUT2D eigenvalue weighted by molar-refractivity contribution is -0.142. The minimum absolute atomic E-state index is 0.0197. The van der Waals surface area contributed by atoms with Crippen molar-refractivity contribution < 1.29 is 9.53 Å². The van der Waals surface area contributed by atoms with E-state index in [2.05, 4.69) is 5.32 Å². The van der Waals surface area contributed by atoms with Gasteiger partial charge in [0.2, 0.25) is 0 Å². The summed E-state index contributed by atoms with van der Waals surface area (Å²) >= 11 is 0. The first-order valence-electron chi connectivity index (χ1n) is 4.64. The van der Waals surface area contributed by atoms with Crippen LogP contribution >= 0.6 is 0 Å². The van der Waals surface area contributed by atoms with Gasteiger partial charge in [-0.25, -0.2) is 0 Å². The molecule has 0 spiro atoms. The second kappa shape index (κ2) is 3.05. The molecule has 0 amide bonds. The van der Waals surface area contributed by atoms with Crippen molar-refractivity contribution in [1.29, 1.82) is 0 Å². The molecule has 0 aromatic rings. The molecule has 0 bridgehead atoms. The third-order valence-corrected chi connectivity index (χ3v) is 2.96. The zero-order valence-electron chi connectivity index (χ0n) is 7.38. The Labute approximate surface area is 72.5 Å². The van der Waals surface area contributed by atoms with Crippen LogP contribution in [0.15, 0.2) is 0 Å². The molecule has 0 aromatic heterocycles. The van der Waals surface area contributed by atoms with E-state index in [0.29, 0.717) is 12.0 Å². The molecule has 2 rings (SSSR count). The number of hydrogen-bond acceptors (Lipinski definition) is 3. The maximum absolute atomic E-state index is 11.1. The molecule has 3 unspecified atom stereocenters. The normalized spacial score (nSPS) is 39.6. The second-order valence-electron chi connectivity index (χ2n) is 3.73. The standard InChI is InChI=1S/C9H15NO2/c1-12-9(11)7-5-6(7)8-3-2-4-10-8/h6-8,10H,2-5H2,1H3. The molecule has 3 atom stereocenters. The third-order valence-electron chi connectivity index (χ3n) is 2.96. The summed E-state index contributed by atoms with van der Waals surface area (Å²) in [6.45, 7) is 1.12. The summed E-state index contributed by atoms with van der Waals surface area (Å²) < 4.78 is 4.70. The third kappa shape index (κ3) is 1.33. The number of carbonyl (C=O) groups excluding carboxylic acids is 1. The first-order valence-corrected chi connectivity index (χ1v) is 4.64. The van der Waals surface area contributed by atoms with Crippen LogP contribution in [-0.4, -0.2) is 25.7 Å². The molecular weight excluding hydrogens is 154 g/mol.